The summed E-state index contributed by atoms with van der Waals surface area (Å²) in [6, 6.07) is 17.2. The van der Waals surface area contributed by atoms with Crippen molar-refractivity contribution in [2.75, 3.05) is 11.1 Å². The van der Waals surface area contributed by atoms with Crippen LogP contribution in [0.1, 0.15) is 5.56 Å². The molecule has 0 aliphatic carbocycles. The van der Waals surface area contributed by atoms with Gasteiger partial charge in [0.25, 0.3) is 0 Å². The van der Waals surface area contributed by atoms with Crippen molar-refractivity contribution in [3.8, 4) is 0 Å². The highest BCUT2D eigenvalue weighted by Gasteiger charge is 2.09. The summed E-state index contributed by atoms with van der Waals surface area (Å²) >= 11 is 10.5. The Morgan fingerprint density at radius 1 is 1.04 bits per heavy atom. The maximum absolute atomic E-state index is 11.9. The fourth-order valence-electron chi connectivity index (χ4n) is 1.93. The molecule has 0 fully saturated rings. The molecule has 1 N–H and O–H groups in total. The van der Waals surface area contributed by atoms with Crippen molar-refractivity contribution < 1.29 is 4.79 Å². The Morgan fingerprint density at radius 3 is 2.56 bits per heavy atom. The van der Waals surface area contributed by atoms with Gasteiger partial charge in [-0.15, -0.1) is 10.2 Å². The summed E-state index contributed by atoms with van der Waals surface area (Å²) in [5, 5.41) is 11.9. The molecule has 1 aromatic heterocycles. The monoisotopic (exact) mass is 407 g/mol. The van der Waals surface area contributed by atoms with E-state index in [9.17, 15) is 4.79 Å². The number of rotatable bonds is 7. The van der Waals surface area contributed by atoms with Gasteiger partial charge in [0.15, 0.2) is 8.68 Å². The summed E-state index contributed by atoms with van der Waals surface area (Å²) in [7, 11) is 0. The van der Waals surface area contributed by atoms with Crippen LogP contribution in [0.3, 0.4) is 0 Å². The summed E-state index contributed by atoms with van der Waals surface area (Å²) < 4.78 is 1.67. The van der Waals surface area contributed by atoms with Gasteiger partial charge in [0.1, 0.15) is 0 Å². The summed E-state index contributed by atoms with van der Waals surface area (Å²) in [5.41, 5.74) is 1.94. The molecular weight excluding hydrogens is 394 g/mol. The number of amides is 1. The van der Waals surface area contributed by atoms with Crippen molar-refractivity contribution in [1.82, 2.24) is 10.2 Å². The second-order valence-electron chi connectivity index (χ2n) is 4.96. The first-order valence-corrected chi connectivity index (χ1v) is 10.5. The number of anilines is 1. The Bertz CT molecular complexity index is 842. The van der Waals surface area contributed by atoms with Gasteiger partial charge in [-0.25, -0.2) is 0 Å². The number of aromatic nitrogens is 2. The van der Waals surface area contributed by atoms with E-state index in [1.807, 2.05) is 54.6 Å². The van der Waals surface area contributed by atoms with E-state index in [0.717, 1.165) is 30.7 Å². The highest BCUT2D eigenvalue weighted by Crippen LogP contribution is 2.31. The molecule has 0 radical (unpaired) electrons. The van der Waals surface area contributed by atoms with E-state index in [2.05, 4.69) is 15.5 Å². The molecule has 0 spiro atoms. The Kier molecular flexibility index (Phi) is 6.75. The predicted molar refractivity (Wildman–Crippen MR) is 107 cm³/mol. The minimum Gasteiger partial charge on any atom is -0.325 e. The van der Waals surface area contributed by atoms with Crippen LogP contribution in [0.4, 0.5) is 5.69 Å². The molecule has 4 nitrogen and oxygen atoms in total. The normalized spacial score (nSPS) is 10.6. The van der Waals surface area contributed by atoms with Crippen LogP contribution in [0, 0.1) is 0 Å². The molecule has 1 heterocycles. The minimum atomic E-state index is -0.0560. The first-order chi connectivity index (χ1) is 12.2. The van der Waals surface area contributed by atoms with Gasteiger partial charge < -0.3 is 5.32 Å². The number of halogens is 1. The average molecular weight is 408 g/mol. The van der Waals surface area contributed by atoms with Crippen LogP contribution in [-0.2, 0) is 10.5 Å². The van der Waals surface area contributed by atoms with Crippen molar-refractivity contribution >= 4 is 58.1 Å². The molecule has 0 saturated carbocycles. The number of carbonyl (C=O) groups excluding carboxylic acids is 1. The van der Waals surface area contributed by atoms with E-state index in [1.165, 1.54) is 23.1 Å². The van der Waals surface area contributed by atoms with E-state index in [4.69, 9.17) is 11.6 Å². The number of thioether (sulfide) groups is 2. The maximum atomic E-state index is 11.9. The number of carbonyl (C=O) groups is 1. The molecule has 128 valence electrons. The predicted octanol–water partition coefficient (Wildman–Crippen LogP) is 5.21. The Morgan fingerprint density at radius 2 is 1.80 bits per heavy atom. The summed E-state index contributed by atoms with van der Waals surface area (Å²) in [6.45, 7) is 0. The third-order valence-corrected chi connectivity index (χ3v) is 6.52. The Balaban J connectivity index is 1.46. The van der Waals surface area contributed by atoms with Crippen LogP contribution >= 0.6 is 46.5 Å². The van der Waals surface area contributed by atoms with E-state index >= 15 is 0 Å². The van der Waals surface area contributed by atoms with Crippen LogP contribution in [-0.4, -0.2) is 21.9 Å². The molecule has 25 heavy (non-hydrogen) atoms. The number of para-hydroxylation sites is 1. The lowest BCUT2D eigenvalue weighted by Crippen LogP contribution is -2.13. The molecule has 3 aromatic rings. The third kappa shape index (κ3) is 6.04. The summed E-state index contributed by atoms with van der Waals surface area (Å²) in [4.78, 5) is 11.9. The number of hydrogen-bond donors (Lipinski definition) is 1. The topological polar surface area (TPSA) is 54.9 Å². The fraction of sp³-hybridized carbons (Fsp3) is 0.118. The third-order valence-electron chi connectivity index (χ3n) is 3.02. The second kappa shape index (κ2) is 9.24. The van der Waals surface area contributed by atoms with Crippen molar-refractivity contribution in [2.24, 2.45) is 0 Å². The zero-order valence-corrected chi connectivity index (χ0v) is 16.2. The van der Waals surface area contributed by atoms with Crippen molar-refractivity contribution in [1.29, 1.82) is 0 Å². The number of benzene rings is 2. The number of hydrogen-bond acceptors (Lipinski definition) is 6. The molecule has 0 saturated heterocycles. The molecule has 0 bridgehead atoms. The smallest absolute Gasteiger partial charge is 0.234 e. The van der Waals surface area contributed by atoms with Gasteiger partial charge in [-0.05, 0) is 29.8 Å². The average Bonchev–Trinajstić information content (AvgIpc) is 3.07. The van der Waals surface area contributed by atoms with Crippen molar-refractivity contribution in [2.45, 2.75) is 14.4 Å². The van der Waals surface area contributed by atoms with Crippen molar-refractivity contribution in [3.63, 3.8) is 0 Å². The van der Waals surface area contributed by atoms with Gasteiger partial charge in [0, 0.05) is 16.5 Å². The largest absolute Gasteiger partial charge is 0.325 e. The molecule has 0 unspecified atom stereocenters. The molecule has 0 atom stereocenters. The fourth-order valence-corrected chi connectivity index (χ4v) is 4.91. The van der Waals surface area contributed by atoms with Gasteiger partial charge in [-0.3, -0.25) is 4.79 Å². The van der Waals surface area contributed by atoms with E-state index in [0.29, 0.717) is 5.75 Å². The number of nitrogens with one attached hydrogen (secondary N) is 1. The van der Waals surface area contributed by atoms with Gasteiger partial charge in [-0.1, -0.05) is 76.8 Å². The highest BCUT2D eigenvalue weighted by atomic mass is 35.5. The van der Waals surface area contributed by atoms with Crippen LogP contribution < -0.4 is 5.32 Å². The number of nitrogens with zero attached hydrogens (tertiary/aromatic N) is 2. The molecule has 1 amide bonds. The summed E-state index contributed by atoms with van der Waals surface area (Å²) in [6.07, 6.45) is 0. The Hall–Kier alpha value is -1.54. The van der Waals surface area contributed by atoms with Gasteiger partial charge in [0.05, 0.1) is 5.75 Å². The van der Waals surface area contributed by atoms with E-state index in [1.54, 1.807) is 11.8 Å². The van der Waals surface area contributed by atoms with E-state index < -0.39 is 0 Å². The first-order valence-electron chi connectivity index (χ1n) is 7.37. The second-order valence-corrected chi connectivity index (χ2v) is 8.81. The quantitative estimate of drug-likeness (QED) is 0.544. The molecule has 3 rings (SSSR count). The minimum absolute atomic E-state index is 0.0560. The zero-order valence-electron chi connectivity index (χ0n) is 13.0. The van der Waals surface area contributed by atoms with Crippen LogP contribution in [0.15, 0.2) is 63.3 Å². The van der Waals surface area contributed by atoms with Crippen LogP contribution in [0.25, 0.3) is 0 Å². The van der Waals surface area contributed by atoms with Crippen LogP contribution in [0.2, 0.25) is 5.02 Å². The zero-order chi connectivity index (χ0) is 17.5. The summed E-state index contributed by atoms with van der Waals surface area (Å²) in [5.74, 6) is 1.04. The van der Waals surface area contributed by atoms with Crippen LogP contribution in [0.5, 0.6) is 0 Å². The van der Waals surface area contributed by atoms with E-state index in [-0.39, 0.29) is 5.91 Å². The molecule has 0 aliphatic heterocycles. The standard InChI is InChI=1S/C17H14ClN3OS3/c18-13-6-4-5-12(9-13)10-23-16-20-21-17(25-16)24-11-15(22)19-14-7-2-1-3-8-14/h1-9H,10-11H2,(H,19,22). The lowest BCUT2D eigenvalue weighted by atomic mass is 10.2. The lowest BCUT2D eigenvalue weighted by molar-refractivity contribution is -0.113. The van der Waals surface area contributed by atoms with Gasteiger partial charge >= 0.3 is 0 Å². The SMILES string of the molecule is O=C(CSc1nnc(SCc2cccc(Cl)c2)s1)Nc1ccccc1. The Labute approximate surface area is 163 Å². The lowest BCUT2D eigenvalue weighted by Gasteiger charge is -2.02. The molecular formula is C17H14ClN3OS3. The molecule has 8 heteroatoms. The van der Waals surface area contributed by atoms with Gasteiger partial charge in [-0.2, -0.15) is 0 Å². The first kappa shape index (κ1) is 18.3. The maximum Gasteiger partial charge on any atom is 0.234 e. The van der Waals surface area contributed by atoms with Gasteiger partial charge in [0.2, 0.25) is 5.91 Å². The molecule has 2 aromatic carbocycles. The van der Waals surface area contributed by atoms with Crippen molar-refractivity contribution in [3.05, 3.63) is 65.2 Å². The molecule has 0 aliphatic rings. The highest BCUT2D eigenvalue weighted by molar-refractivity contribution is 8.03.